The normalized spacial score (nSPS) is 30.3. The molecule has 0 amide bonds. The van der Waals surface area contributed by atoms with Crippen LogP contribution < -0.4 is 0 Å². The van der Waals surface area contributed by atoms with E-state index in [1.165, 1.54) is 24.3 Å². The van der Waals surface area contributed by atoms with E-state index in [1.54, 1.807) is 0 Å². The zero-order chi connectivity index (χ0) is 35.0. The Morgan fingerprint density at radius 3 is 1.60 bits per heavy atom. The summed E-state index contributed by atoms with van der Waals surface area (Å²) in [7, 11) is 0. The number of carbonyl (C=O) groups excluding carboxylic acids is 6. The number of aliphatic hydroxyl groups is 1. The number of benzene rings is 1. The molecular weight excluding hydrogens is 632 g/mol. The Morgan fingerprint density at radius 1 is 0.638 bits per heavy atom. The summed E-state index contributed by atoms with van der Waals surface area (Å²) in [4.78, 5) is 72.2. The maximum atomic E-state index is 12.3. The molecule has 2 N–H and O–H groups in total. The fourth-order valence-corrected chi connectivity index (χ4v) is 5.18. The number of carbonyl (C=O) groups is 6. The third-order valence-electron chi connectivity index (χ3n) is 6.85. The molecular formula is C30H38O17. The Labute approximate surface area is 269 Å². The molecule has 3 rings (SSSR count). The standard InChI is InChI=1S/C30H38O17/c1-13(31)39-11-21-25(41-15(3)33)27(23(38)24(45-21)19-8-7-9-20(37)10-19)47-30-29(44-18(6)36)28(43-17(5)35)26(42-16(4)34)22(46-30)12-40-14(2)32/h7-10,21-30,37-38H,11-12H2,1-6H3/t21-,22-,23-,24?,25-,26-,27-,28-,29-,30-/m1/s1. The van der Waals surface area contributed by atoms with Crippen LogP contribution >= 0.6 is 0 Å². The van der Waals surface area contributed by atoms with Gasteiger partial charge in [-0.1, -0.05) is 12.1 Å². The van der Waals surface area contributed by atoms with E-state index in [-0.39, 0.29) is 11.3 Å². The molecule has 1 aromatic rings. The van der Waals surface area contributed by atoms with Gasteiger partial charge in [-0.15, -0.1) is 0 Å². The number of hydrogen-bond acceptors (Lipinski definition) is 17. The predicted octanol–water partition coefficient (Wildman–Crippen LogP) is 0.156. The summed E-state index contributed by atoms with van der Waals surface area (Å²) in [6.07, 6.45) is -15.3. The van der Waals surface area contributed by atoms with Crippen molar-refractivity contribution in [3.05, 3.63) is 29.8 Å². The number of rotatable bonds is 11. The molecule has 260 valence electrons. The molecule has 2 heterocycles. The minimum atomic E-state index is -1.77. The molecule has 2 aliphatic rings. The van der Waals surface area contributed by atoms with Crippen LogP contribution in [0.15, 0.2) is 24.3 Å². The topological polar surface area (TPSA) is 226 Å². The summed E-state index contributed by atoms with van der Waals surface area (Å²) in [5.41, 5.74) is 0.252. The molecule has 2 fully saturated rings. The average Bonchev–Trinajstić information content (AvgIpc) is 2.95. The first-order chi connectivity index (χ1) is 22.1. The molecule has 10 atom stereocenters. The highest BCUT2D eigenvalue weighted by molar-refractivity contribution is 5.69. The average molecular weight is 671 g/mol. The predicted molar refractivity (Wildman–Crippen MR) is 151 cm³/mol. The fourth-order valence-electron chi connectivity index (χ4n) is 5.18. The molecule has 47 heavy (non-hydrogen) atoms. The second-order valence-corrected chi connectivity index (χ2v) is 10.7. The minimum Gasteiger partial charge on any atom is -0.508 e. The van der Waals surface area contributed by atoms with E-state index < -0.39 is 110 Å². The monoisotopic (exact) mass is 670 g/mol. The summed E-state index contributed by atoms with van der Waals surface area (Å²) in [6.45, 7) is 5.42. The molecule has 17 heteroatoms. The molecule has 1 unspecified atom stereocenters. The van der Waals surface area contributed by atoms with E-state index in [9.17, 15) is 39.0 Å². The van der Waals surface area contributed by atoms with Crippen molar-refractivity contribution in [2.75, 3.05) is 13.2 Å². The number of ether oxygens (including phenoxy) is 9. The number of aromatic hydroxyl groups is 1. The van der Waals surface area contributed by atoms with Crippen LogP contribution in [0, 0.1) is 0 Å². The number of esters is 6. The third kappa shape index (κ3) is 10.3. The van der Waals surface area contributed by atoms with Gasteiger partial charge in [-0.25, -0.2) is 0 Å². The van der Waals surface area contributed by atoms with E-state index in [0.717, 1.165) is 41.5 Å². The van der Waals surface area contributed by atoms with Crippen molar-refractivity contribution in [2.24, 2.45) is 0 Å². The van der Waals surface area contributed by atoms with Crippen LogP contribution in [-0.4, -0.2) is 114 Å². The van der Waals surface area contributed by atoms with Crippen molar-refractivity contribution in [2.45, 2.75) is 103 Å². The van der Waals surface area contributed by atoms with Gasteiger partial charge in [0, 0.05) is 41.5 Å². The lowest BCUT2D eigenvalue weighted by Gasteiger charge is -2.48. The molecule has 0 aliphatic carbocycles. The van der Waals surface area contributed by atoms with Gasteiger partial charge >= 0.3 is 35.8 Å². The zero-order valence-electron chi connectivity index (χ0n) is 26.5. The highest BCUT2D eigenvalue weighted by Crippen LogP contribution is 2.39. The van der Waals surface area contributed by atoms with Gasteiger partial charge in [0.05, 0.1) is 0 Å². The van der Waals surface area contributed by atoms with E-state index in [1.807, 2.05) is 0 Å². The van der Waals surface area contributed by atoms with Crippen LogP contribution in [0.3, 0.4) is 0 Å². The number of hydrogen-bond donors (Lipinski definition) is 2. The van der Waals surface area contributed by atoms with Crippen molar-refractivity contribution in [1.82, 2.24) is 0 Å². The second kappa shape index (κ2) is 16.5. The maximum Gasteiger partial charge on any atom is 0.303 e. The number of phenolic OH excluding ortho intramolecular Hbond substituents is 1. The molecule has 2 aliphatic heterocycles. The van der Waals surface area contributed by atoms with Gasteiger partial charge in [-0.2, -0.15) is 0 Å². The van der Waals surface area contributed by atoms with Crippen LogP contribution in [0.5, 0.6) is 5.75 Å². The molecule has 0 spiro atoms. The zero-order valence-corrected chi connectivity index (χ0v) is 26.5. The first kappa shape index (κ1) is 37.1. The Bertz CT molecular complexity index is 1310. The summed E-state index contributed by atoms with van der Waals surface area (Å²) in [5, 5.41) is 21.8. The van der Waals surface area contributed by atoms with Crippen LogP contribution in [0.25, 0.3) is 0 Å². The van der Waals surface area contributed by atoms with E-state index in [2.05, 4.69) is 0 Å². The number of aliphatic hydroxyl groups excluding tert-OH is 1. The molecule has 0 radical (unpaired) electrons. The Balaban J connectivity index is 2.14. The molecule has 1 aromatic carbocycles. The fraction of sp³-hybridized carbons (Fsp3) is 0.600. The minimum absolute atomic E-state index is 0.172. The first-order valence-electron chi connectivity index (χ1n) is 14.5. The maximum absolute atomic E-state index is 12.3. The third-order valence-corrected chi connectivity index (χ3v) is 6.85. The Morgan fingerprint density at radius 2 is 1.11 bits per heavy atom. The van der Waals surface area contributed by atoms with E-state index in [4.69, 9.17) is 42.6 Å². The summed E-state index contributed by atoms with van der Waals surface area (Å²) >= 11 is 0. The molecule has 17 nitrogen and oxygen atoms in total. The highest BCUT2D eigenvalue weighted by atomic mass is 16.7. The highest BCUT2D eigenvalue weighted by Gasteiger charge is 2.56. The van der Waals surface area contributed by atoms with Crippen LogP contribution in [0.2, 0.25) is 0 Å². The molecule has 0 saturated carbocycles. The van der Waals surface area contributed by atoms with Gasteiger partial charge in [-0.3, -0.25) is 28.8 Å². The van der Waals surface area contributed by atoms with Crippen molar-refractivity contribution in [3.8, 4) is 5.75 Å². The SMILES string of the molecule is CC(=O)OC[C@H]1O[C@H](O[C@H]2[C@H](OC(C)=O)[C@@H](COC(C)=O)OC(c3cccc(O)c3)[C@H]2O)[C@H](OC(C)=O)[C@H](OC(C)=O)[C@@H]1OC(C)=O. The van der Waals surface area contributed by atoms with Crippen LogP contribution in [0.4, 0.5) is 0 Å². The van der Waals surface area contributed by atoms with Gasteiger partial charge in [0.25, 0.3) is 0 Å². The van der Waals surface area contributed by atoms with Gasteiger partial charge in [0.2, 0.25) is 0 Å². The van der Waals surface area contributed by atoms with Crippen molar-refractivity contribution in [3.63, 3.8) is 0 Å². The van der Waals surface area contributed by atoms with Crippen molar-refractivity contribution in [1.29, 1.82) is 0 Å². The number of phenols is 1. The largest absolute Gasteiger partial charge is 0.508 e. The van der Waals surface area contributed by atoms with E-state index >= 15 is 0 Å². The summed E-state index contributed by atoms with van der Waals surface area (Å²) in [6, 6.07) is 5.68. The van der Waals surface area contributed by atoms with Crippen LogP contribution in [-0.2, 0) is 71.4 Å². The van der Waals surface area contributed by atoms with Gasteiger partial charge < -0.3 is 52.8 Å². The second-order valence-electron chi connectivity index (χ2n) is 10.7. The summed E-state index contributed by atoms with van der Waals surface area (Å²) < 4.78 is 50.2. The molecule has 0 bridgehead atoms. The lowest BCUT2D eigenvalue weighted by molar-refractivity contribution is -0.345. The van der Waals surface area contributed by atoms with Crippen molar-refractivity contribution < 1.29 is 81.6 Å². The van der Waals surface area contributed by atoms with Crippen molar-refractivity contribution >= 4 is 35.8 Å². The van der Waals surface area contributed by atoms with Gasteiger partial charge in [0.15, 0.2) is 30.7 Å². The first-order valence-corrected chi connectivity index (χ1v) is 14.5. The smallest absolute Gasteiger partial charge is 0.303 e. The van der Waals surface area contributed by atoms with Gasteiger partial charge in [-0.05, 0) is 17.7 Å². The molecule has 0 aromatic heterocycles. The van der Waals surface area contributed by atoms with Crippen LogP contribution in [0.1, 0.15) is 53.2 Å². The Hall–Kier alpha value is -4.32. The lowest BCUT2D eigenvalue weighted by atomic mass is 9.90. The summed E-state index contributed by atoms with van der Waals surface area (Å²) in [5.74, 6) is -5.09. The van der Waals surface area contributed by atoms with Gasteiger partial charge in [0.1, 0.15) is 49.5 Å². The quantitative estimate of drug-likeness (QED) is 0.236. The van der Waals surface area contributed by atoms with E-state index in [0.29, 0.717) is 0 Å². The molecule has 2 saturated heterocycles. The lowest BCUT2D eigenvalue weighted by Crippen LogP contribution is -2.66. The Kier molecular flexibility index (Phi) is 13.0.